The van der Waals surface area contributed by atoms with E-state index in [0.717, 1.165) is 6.54 Å². The third-order valence-corrected chi connectivity index (χ3v) is 5.61. The number of hydrogen-bond donors (Lipinski definition) is 2. The van der Waals surface area contributed by atoms with Gasteiger partial charge in [-0.1, -0.05) is 26.8 Å². The van der Waals surface area contributed by atoms with Crippen molar-refractivity contribution >= 4 is 15.9 Å². The first-order valence-corrected chi connectivity index (χ1v) is 9.42. The topological polar surface area (TPSA) is 78.5 Å². The van der Waals surface area contributed by atoms with E-state index in [-0.39, 0.29) is 16.8 Å². The van der Waals surface area contributed by atoms with Gasteiger partial charge in [0.15, 0.2) is 0 Å². The van der Waals surface area contributed by atoms with E-state index in [1.54, 1.807) is 26.0 Å². The van der Waals surface area contributed by atoms with Crippen LogP contribution in [0.3, 0.4) is 0 Å². The van der Waals surface area contributed by atoms with Gasteiger partial charge in [0.25, 0.3) is 5.91 Å². The van der Waals surface area contributed by atoms with Gasteiger partial charge in [-0.25, -0.2) is 8.42 Å². The Morgan fingerprint density at radius 2 is 1.87 bits per heavy atom. The maximum atomic E-state index is 12.5. The van der Waals surface area contributed by atoms with Crippen molar-refractivity contribution in [2.24, 2.45) is 0 Å². The summed E-state index contributed by atoms with van der Waals surface area (Å²) in [6, 6.07) is 6.33. The van der Waals surface area contributed by atoms with Gasteiger partial charge in [0.1, 0.15) is 0 Å². The first kappa shape index (κ1) is 19.6. The highest BCUT2D eigenvalue weighted by Crippen LogP contribution is 2.16. The lowest BCUT2D eigenvalue weighted by Gasteiger charge is -2.19. The van der Waals surface area contributed by atoms with Gasteiger partial charge in [0, 0.05) is 31.2 Å². The number of carbonyl (C=O) groups excluding carboxylic acids is 1. The highest BCUT2D eigenvalue weighted by molar-refractivity contribution is 7.89. The summed E-state index contributed by atoms with van der Waals surface area (Å²) in [6.45, 7) is 9.67. The van der Waals surface area contributed by atoms with Crippen LogP contribution in [0.4, 0.5) is 0 Å². The molecule has 0 unspecified atom stereocenters. The average molecular weight is 341 g/mol. The third kappa shape index (κ3) is 5.30. The first-order chi connectivity index (χ1) is 10.9. The molecule has 0 saturated carbocycles. The molecule has 1 aromatic rings. The zero-order valence-corrected chi connectivity index (χ0v) is 15.1. The highest BCUT2D eigenvalue weighted by atomic mass is 32.2. The van der Waals surface area contributed by atoms with Crippen LogP contribution >= 0.6 is 0 Å². The number of benzene rings is 1. The van der Waals surface area contributed by atoms with Gasteiger partial charge < -0.3 is 10.6 Å². The minimum Gasteiger partial charge on any atom is -0.350 e. The Kier molecular flexibility index (Phi) is 7.67. The molecule has 0 aromatic heterocycles. The fourth-order valence-corrected chi connectivity index (χ4v) is 3.78. The molecule has 23 heavy (non-hydrogen) atoms. The molecule has 2 N–H and O–H groups in total. The van der Waals surface area contributed by atoms with E-state index in [4.69, 9.17) is 0 Å². The monoisotopic (exact) mass is 341 g/mol. The van der Waals surface area contributed by atoms with Crippen LogP contribution in [0.15, 0.2) is 29.2 Å². The molecule has 6 nitrogen and oxygen atoms in total. The van der Waals surface area contributed by atoms with E-state index in [0.29, 0.717) is 25.2 Å². The predicted octanol–water partition coefficient (Wildman–Crippen LogP) is 1.44. The summed E-state index contributed by atoms with van der Waals surface area (Å²) in [4.78, 5) is 12.3. The summed E-state index contributed by atoms with van der Waals surface area (Å²) in [6.07, 6.45) is 0. The van der Waals surface area contributed by atoms with Crippen molar-refractivity contribution < 1.29 is 13.2 Å². The van der Waals surface area contributed by atoms with Crippen LogP contribution in [-0.4, -0.2) is 50.9 Å². The van der Waals surface area contributed by atoms with Gasteiger partial charge >= 0.3 is 0 Å². The molecular weight excluding hydrogens is 314 g/mol. The van der Waals surface area contributed by atoms with Gasteiger partial charge in [-0.3, -0.25) is 4.79 Å². The Bertz CT molecular complexity index is 613. The second kappa shape index (κ2) is 9.00. The number of amides is 1. The molecule has 0 spiro atoms. The Morgan fingerprint density at radius 3 is 2.43 bits per heavy atom. The third-order valence-electron chi connectivity index (χ3n) is 3.56. The maximum Gasteiger partial charge on any atom is 0.251 e. The molecule has 1 rings (SSSR count). The Labute approximate surface area is 139 Å². The SMILES string of the molecule is CCN[C@H](C)CNC(=O)c1cccc(S(=O)(=O)N(CC)CC)c1. The van der Waals surface area contributed by atoms with Gasteiger partial charge in [-0.15, -0.1) is 0 Å². The number of hydrogen-bond acceptors (Lipinski definition) is 4. The van der Waals surface area contributed by atoms with Crippen LogP contribution in [0.2, 0.25) is 0 Å². The summed E-state index contributed by atoms with van der Waals surface area (Å²) in [5, 5.41) is 6.01. The highest BCUT2D eigenvalue weighted by Gasteiger charge is 2.22. The van der Waals surface area contributed by atoms with Crippen LogP contribution in [0.25, 0.3) is 0 Å². The number of nitrogens with zero attached hydrogens (tertiary/aromatic N) is 1. The fourth-order valence-electron chi connectivity index (χ4n) is 2.28. The fraction of sp³-hybridized carbons (Fsp3) is 0.562. The van der Waals surface area contributed by atoms with Gasteiger partial charge in [0.2, 0.25) is 10.0 Å². The number of likely N-dealkylation sites (N-methyl/N-ethyl adjacent to an activating group) is 1. The second-order valence-corrected chi connectivity index (χ2v) is 7.22. The minimum atomic E-state index is -3.56. The summed E-state index contributed by atoms with van der Waals surface area (Å²) < 4.78 is 26.4. The first-order valence-electron chi connectivity index (χ1n) is 7.98. The summed E-state index contributed by atoms with van der Waals surface area (Å²) in [7, 11) is -3.56. The molecule has 0 saturated heterocycles. The minimum absolute atomic E-state index is 0.147. The number of carbonyl (C=O) groups is 1. The van der Waals surface area contributed by atoms with E-state index >= 15 is 0 Å². The molecule has 0 radical (unpaired) electrons. The van der Waals surface area contributed by atoms with Crippen molar-refractivity contribution in [1.82, 2.24) is 14.9 Å². The van der Waals surface area contributed by atoms with Crippen molar-refractivity contribution in [1.29, 1.82) is 0 Å². The van der Waals surface area contributed by atoms with E-state index in [9.17, 15) is 13.2 Å². The summed E-state index contributed by atoms with van der Waals surface area (Å²) >= 11 is 0. The van der Waals surface area contributed by atoms with Crippen LogP contribution in [0, 0.1) is 0 Å². The van der Waals surface area contributed by atoms with Crippen LogP contribution in [0.1, 0.15) is 38.1 Å². The van der Waals surface area contributed by atoms with Crippen molar-refractivity contribution in [3.63, 3.8) is 0 Å². The molecule has 0 bridgehead atoms. The predicted molar refractivity (Wildman–Crippen MR) is 92.0 cm³/mol. The Morgan fingerprint density at radius 1 is 1.22 bits per heavy atom. The quantitative estimate of drug-likeness (QED) is 0.712. The van der Waals surface area contributed by atoms with E-state index < -0.39 is 10.0 Å². The molecule has 0 aliphatic rings. The van der Waals surface area contributed by atoms with Crippen molar-refractivity contribution in [3.8, 4) is 0 Å². The van der Waals surface area contributed by atoms with Crippen LogP contribution in [-0.2, 0) is 10.0 Å². The molecule has 0 aliphatic carbocycles. The normalized spacial score (nSPS) is 13.1. The largest absolute Gasteiger partial charge is 0.350 e. The molecule has 0 heterocycles. The van der Waals surface area contributed by atoms with Crippen molar-refractivity contribution in [3.05, 3.63) is 29.8 Å². The van der Waals surface area contributed by atoms with Crippen molar-refractivity contribution in [2.75, 3.05) is 26.2 Å². The smallest absolute Gasteiger partial charge is 0.251 e. The van der Waals surface area contributed by atoms with Gasteiger partial charge in [0.05, 0.1) is 4.90 Å². The maximum absolute atomic E-state index is 12.5. The molecule has 1 amide bonds. The number of sulfonamides is 1. The Balaban J connectivity index is 2.90. The molecule has 1 atom stereocenters. The zero-order chi connectivity index (χ0) is 17.5. The molecular formula is C16H27N3O3S. The van der Waals surface area contributed by atoms with Gasteiger partial charge in [-0.05, 0) is 31.7 Å². The van der Waals surface area contributed by atoms with Crippen LogP contribution in [0.5, 0.6) is 0 Å². The molecule has 130 valence electrons. The van der Waals surface area contributed by atoms with Crippen LogP contribution < -0.4 is 10.6 Å². The van der Waals surface area contributed by atoms with E-state index in [2.05, 4.69) is 10.6 Å². The molecule has 0 fully saturated rings. The lowest BCUT2D eigenvalue weighted by atomic mass is 10.2. The van der Waals surface area contributed by atoms with E-state index in [1.165, 1.54) is 16.4 Å². The lowest BCUT2D eigenvalue weighted by Crippen LogP contribution is -2.38. The second-order valence-electron chi connectivity index (χ2n) is 5.29. The summed E-state index contributed by atoms with van der Waals surface area (Å²) in [5.74, 6) is -0.272. The van der Waals surface area contributed by atoms with Gasteiger partial charge in [-0.2, -0.15) is 4.31 Å². The number of nitrogens with one attached hydrogen (secondary N) is 2. The molecule has 1 aromatic carbocycles. The standard InChI is InChI=1S/C16H27N3O3S/c1-5-17-13(4)12-18-16(20)14-9-8-10-15(11-14)23(21,22)19(6-2)7-3/h8-11,13,17H,5-7,12H2,1-4H3,(H,18,20)/t13-/m1/s1. The van der Waals surface area contributed by atoms with E-state index in [1.807, 2.05) is 13.8 Å². The van der Waals surface area contributed by atoms with Crippen molar-refractivity contribution in [2.45, 2.75) is 38.6 Å². The molecule has 0 aliphatic heterocycles. The number of rotatable bonds is 9. The Hall–Kier alpha value is -1.44. The molecule has 7 heteroatoms. The summed E-state index contributed by atoms with van der Waals surface area (Å²) in [5.41, 5.74) is 0.349. The average Bonchev–Trinajstić information content (AvgIpc) is 2.54. The zero-order valence-electron chi connectivity index (χ0n) is 14.3. The lowest BCUT2D eigenvalue weighted by molar-refractivity contribution is 0.0950.